The third-order valence-corrected chi connectivity index (χ3v) is 6.40. The SMILES string of the molecule is Cc1cc(/C=C(\C#N)C(=O)Nc2cccc(Cl)c2Cl)c(C)n1-c1ccc(Oc2ccc([N+](=O)[O-])cn2)cc1. The van der Waals surface area contributed by atoms with Gasteiger partial charge >= 0.3 is 0 Å². The van der Waals surface area contributed by atoms with Gasteiger partial charge in [0, 0.05) is 29.2 Å². The van der Waals surface area contributed by atoms with Crippen molar-refractivity contribution in [2.75, 3.05) is 5.32 Å². The fraction of sp³-hybridized carbons (Fsp3) is 0.0741. The lowest BCUT2D eigenvalue weighted by molar-refractivity contribution is -0.385. The highest BCUT2D eigenvalue weighted by atomic mass is 35.5. The molecular formula is C27H19Cl2N5O4. The van der Waals surface area contributed by atoms with Crippen molar-refractivity contribution in [2.24, 2.45) is 0 Å². The van der Waals surface area contributed by atoms with Crippen molar-refractivity contribution in [3.8, 4) is 23.4 Å². The molecule has 1 amide bonds. The van der Waals surface area contributed by atoms with E-state index in [9.17, 15) is 20.2 Å². The number of carbonyl (C=O) groups excluding carboxylic acids is 1. The Kier molecular flexibility index (Phi) is 7.76. The molecule has 0 saturated carbocycles. The smallest absolute Gasteiger partial charge is 0.287 e. The minimum Gasteiger partial charge on any atom is -0.439 e. The maximum atomic E-state index is 12.8. The number of aryl methyl sites for hydroxylation is 1. The Morgan fingerprint density at radius 1 is 1.16 bits per heavy atom. The molecule has 2 aromatic carbocycles. The van der Waals surface area contributed by atoms with Gasteiger partial charge in [-0.05, 0) is 68.0 Å². The molecule has 4 rings (SSSR count). The molecule has 0 radical (unpaired) electrons. The Hall–Kier alpha value is -4.65. The van der Waals surface area contributed by atoms with E-state index in [1.807, 2.05) is 42.7 Å². The molecule has 0 aliphatic heterocycles. The number of nitriles is 1. The van der Waals surface area contributed by atoms with Crippen molar-refractivity contribution < 1.29 is 14.5 Å². The maximum absolute atomic E-state index is 12.8. The van der Waals surface area contributed by atoms with Crippen LogP contribution in [-0.2, 0) is 4.79 Å². The van der Waals surface area contributed by atoms with Crippen molar-refractivity contribution in [2.45, 2.75) is 13.8 Å². The Bertz CT molecular complexity index is 1600. The topological polar surface area (TPSA) is 123 Å². The quantitative estimate of drug-likeness (QED) is 0.114. The Labute approximate surface area is 227 Å². The molecule has 2 heterocycles. The first-order valence-electron chi connectivity index (χ1n) is 11.1. The zero-order valence-electron chi connectivity index (χ0n) is 20.1. The van der Waals surface area contributed by atoms with Gasteiger partial charge in [0.25, 0.3) is 11.6 Å². The zero-order valence-corrected chi connectivity index (χ0v) is 21.6. The van der Waals surface area contributed by atoms with Crippen molar-refractivity contribution in [1.82, 2.24) is 9.55 Å². The Balaban J connectivity index is 1.55. The molecule has 0 unspecified atom stereocenters. The van der Waals surface area contributed by atoms with E-state index in [1.54, 1.807) is 30.3 Å². The van der Waals surface area contributed by atoms with Gasteiger partial charge < -0.3 is 14.6 Å². The highest BCUT2D eigenvalue weighted by molar-refractivity contribution is 6.44. The molecule has 0 atom stereocenters. The predicted octanol–water partition coefficient (Wildman–Crippen LogP) is 7.04. The Morgan fingerprint density at radius 3 is 2.53 bits per heavy atom. The molecule has 1 N–H and O–H groups in total. The number of pyridine rings is 1. The highest BCUT2D eigenvalue weighted by Gasteiger charge is 2.16. The number of anilines is 1. The maximum Gasteiger partial charge on any atom is 0.287 e. The summed E-state index contributed by atoms with van der Waals surface area (Å²) in [4.78, 5) is 27.0. The predicted molar refractivity (Wildman–Crippen MR) is 145 cm³/mol. The summed E-state index contributed by atoms with van der Waals surface area (Å²) >= 11 is 12.2. The first kappa shape index (κ1) is 26.4. The molecule has 9 nitrogen and oxygen atoms in total. The summed E-state index contributed by atoms with van der Waals surface area (Å²) in [6.45, 7) is 3.79. The summed E-state index contributed by atoms with van der Waals surface area (Å²) in [5, 5.41) is 23.5. The number of benzene rings is 2. The summed E-state index contributed by atoms with van der Waals surface area (Å²) in [6.07, 6.45) is 2.65. The van der Waals surface area contributed by atoms with Crippen molar-refractivity contribution in [1.29, 1.82) is 5.26 Å². The molecule has 11 heteroatoms. The van der Waals surface area contributed by atoms with E-state index in [2.05, 4.69) is 10.3 Å². The van der Waals surface area contributed by atoms with Gasteiger partial charge in [-0.1, -0.05) is 29.3 Å². The van der Waals surface area contributed by atoms with Crippen molar-refractivity contribution in [3.05, 3.63) is 110 Å². The van der Waals surface area contributed by atoms with Gasteiger partial charge in [0.15, 0.2) is 0 Å². The second kappa shape index (κ2) is 11.2. The lowest BCUT2D eigenvalue weighted by atomic mass is 10.1. The van der Waals surface area contributed by atoms with Gasteiger partial charge in [-0.15, -0.1) is 0 Å². The second-order valence-electron chi connectivity index (χ2n) is 8.09. The largest absolute Gasteiger partial charge is 0.439 e. The van der Waals surface area contributed by atoms with Gasteiger partial charge in [0.1, 0.15) is 23.6 Å². The molecule has 0 spiro atoms. The van der Waals surface area contributed by atoms with Gasteiger partial charge in [0.05, 0.1) is 20.7 Å². The number of nitro groups is 1. The van der Waals surface area contributed by atoms with Gasteiger partial charge in [-0.2, -0.15) is 5.26 Å². The van der Waals surface area contributed by atoms with E-state index < -0.39 is 10.8 Å². The fourth-order valence-corrected chi connectivity index (χ4v) is 4.10. The number of rotatable bonds is 7. The average molecular weight is 548 g/mol. The summed E-state index contributed by atoms with van der Waals surface area (Å²) in [5.74, 6) is 0.120. The van der Waals surface area contributed by atoms with E-state index in [4.69, 9.17) is 27.9 Å². The minimum atomic E-state index is -0.608. The molecule has 0 saturated heterocycles. The fourth-order valence-electron chi connectivity index (χ4n) is 3.75. The average Bonchev–Trinajstić information content (AvgIpc) is 3.18. The summed E-state index contributed by atoms with van der Waals surface area (Å²) < 4.78 is 7.65. The summed E-state index contributed by atoms with van der Waals surface area (Å²) in [6, 6.07) is 18.6. The van der Waals surface area contributed by atoms with Crippen molar-refractivity contribution in [3.63, 3.8) is 0 Å². The van der Waals surface area contributed by atoms with Crippen LogP contribution in [0.1, 0.15) is 17.0 Å². The molecule has 190 valence electrons. The number of hydrogen-bond acceptors (Lipinski definition) is 6. The monoisotopic (exact) mass is 547 g/mol. The lowest BCUT2D eigenvalue weighted by Gasteiger charge is -2.11. The number of amides is 1. The van der Waals surface area contributed by atoms with Crippen LogP contribution >= 0.6 is 23.2 Å². The number of nitrogens with one attached hydrogen (secondary N) is 1. The third-order valence-electron chi connectivity index (χ3n) is 5.58. The summed E-state index contributed by atoms with van der Waals surface area (Å²) in [7, 11) is 0. The molecule has 0 aliphatic rings. The van der Waals surface area contributed by atoms with E-state index in [1.165, 1.54) is 18.2 Å². The third kappa shape index (κ3) is 5.67. The van der Waals surface area contributed by atoms with Gasteiger partial charge in [0.2, 0.25) is 5.88 Å². The number of hydrogen-bond donors (Lipinski definition) is 1. The van der Waals surface area contributed by atoms with Crippen LogP contribution in [-0.4, -0.2) is 20.4 Å². The normalized spacial score (nSPS) is 11.1. The molecular weight excluding hydrogens is 529 g/mol. The van der Waals surface area contributed by atoms with Crippen LogP contribution in [0.3, 0.4) is 0 Å². The van der Waals surface area contributed by atoms with Crippen LogP contribution in [0.4, 0.5) is 11.4 Å². The zero-order chi connectivity index (χ0) is 27.4. The van der Waals surface area contributed by atoms with E-state index in [0.717, 1.165) is 23.3 Å². The van der Waals surface area contributed by atoms with Crippen LogP contribution < -0.4 is 10.1 Å². The van der Waals surface area contributed by atoms with E-state index >= 15 is 0 Å². The molecule has 2 aromatic heterocycles. The number of aromatic nitrogens is 2. The van der Waals surface area contributed by atoms with Crippen LogP contribution in [0.2, 0.25) is 10.0 Å². The van der Waals surface area contributed by atoms with Crippen LogP contribution in [0.5, 0.6) is 11.6 Å². The number of nitrogens with zero attached hydrogens (tertiary/aromatic N) is 4. The molecule has 0 bridgehead atoms. The number of halogens is 2. The number of carbonyl (C=O) groups is 1. The first-order valence-corrected chi connectivity index (χ1v) is 11.9. The van der Waals surface area contributed by atoms with Crippen LogP contribution in [0.25, 0.3) is 11.8 Å². The van der Waals surface area contributed by atoms with Crippen LogP contribution in [0.15, 0.2) is 72.4 Å². The van der Waals surface area contributed by atoms with Gasteiger partial charge in [-0.3, -0.25) is 14.9 Å². The first-order chi connectivity index (χ1) is 18.2. The van der Waals surface area contributed by atoms with Crippen LogP contribution in [0, 0.1) is 35.3 Å². The highest BCUT2D eigenvalue weighted by Crippen LogP contribution is 2.30. The summed E-state index contributed by atoms with van der Waals surface area (Å²) in [5.41, 5.74) is 3.31. The van der Waals surface area contributed by atoms with E-state index in [-0.39, 0.29) is 27.2 Å². The van der Waals surface area contributed by atoms with Crippen molar-refractivity contribution >= 4 is 46.6 Å². The molecule has 0 fully saturated rings. The number of ether oxygens (including phenoxy) is 1. The lowest BCUT2D eigenvalue weighted by Crippen LogP contribution is -2.13. The standard InChI is InChI=1S/C27H19Cl2N5O4/c1-16-12-18(13-19(14-30)27(35)32-24-5-3-4-23(28)26(24)29)17(2)33(16)20-6-9-22(10-7-20)38-25-11-8-21(15-31-25)34(36)37/h3-13,15H,1-2H3,(H,32,35)/b19-13+. The molecule has 0 aliphatic carbocycles. The van der Waals surface area contributed by atoms with Gasteiger partial charge in [-0.25, -0.2) is 4.98 Å². The minimum absolute atomic E-state index is 0.0966. The van der Waals surface area contributed by atoms with E-state index in [0.29, 0.717) is 17.0 Å². The Morgan fingerprint density at radius 2 is 1.89 bits per heavy atom. The molecule has 38 heavy (non-hydrogen) atoms. The second-order valence-corrected chi connectivity index (χ2v) is 8.88. The molecule has 4 aromatic rings.